The summed E-state index contributed by atoms with van der Waals surface area (Å²) in [6.45, 7) is 2.64. The van der Waals surface area contributed by atoms with E-state index >= 15 is 0 Å². The smallest absolute Gasteiger partial charge is 0.305 e. The monoisotopic (exact) mass is 454 g/mol. The van der Waals surface area contributed by atoms with E-state index in [1.807, 2.05) is 29.2 Å². The molecule has 0 saturated carbocycles. The van der Waals surface area contributed by atoms with Gasteiger partial charge in [0, 0.05) is 51.8 Å². The van der Waals surface area contributed by atoms with Crippen molar-refractivity contribution < 1.29 is 23.9 Å². The molecule has 0 bridgehead atoms. The van der Waals surface area contributed by atoms with Crippen molar-refractivity contribution in [3.63, 3.8) is 0 Å². The maximum atomic E-state index is 12.9. The number of rotatable bonds is 9. The first-order chi connectivity index (χ1) is 16.0. The Labute approximate surface area is 193 Å². The zero-order chi connectivity index (χ0) is 23.6. The number of piperazine rings is 1. The zero-order valence-corrected chi connectivity index (χ0v) is 19.1. The van der Waals surface area contributed by atoms with Gasteiger partial charge in [0.25, 0.3) is 5.91 Å². The highest BCUT2D eigenvalue weighted by Crippen LogP contribution is 2.20. The topological polar surface area (TPSA) is 101 Å². The minimum Gasteiger partial charge on any atom is -0.497 e. The molecule has 2 heterocycles. The molecule has 1 aromatic carbocycles. The number of methoxy groups -OCH3 is 2. The van der Waals surface area contributed by atoms with Gasteiger partial charge in [-0.15, -0.1) is 0 Å². The molecule has 2 amide bonds. The number of amides is 2. The second-order valence-electron chi connectivity index (χ2n) is 7.70. The number of carbonyl (C=O) groups excluding carboxylic acids is 3. The third-order valence-corrected chi connectivity index (χ3v) is 5.57. The van der Waals surface area contributed by atoms with Gasteiger partial charge >= 0.3 is 5.97 Å². The van der Waals surface area contributed by atoms with Crippen LogP contribution in [0.15, 0.2) is 42.6 Å². The molecule has 1 N–H and O–H groups in total. The van der Waals surface area contributed by atoms with Crippen molar-refractivity contribution in [1.29, 1.82) is 0 Å². The number of hydrogen-bond donors (Lipinski definition) is 1. The van der Waals surface area contributed by atoms with E-state index in [1.165, 1.54) is 7.11 Å². The number of nitrogens with zero attached hydrogens (tertiary/aromatic N) is 3. The van der Waals surface area contributed by atoms with Crippen LogP contribution < -0.4 is 15.0 Å². The van der Waals surface area contributed by atoms with Crippen LogP contribution in [0.3, 0.4) is 0 Å². The van der Waals surface area contributed by atoms with Crippen molar-refractivity contribution >= 4 is 23.6 Å². The molecule has 0 unspecified atom stereocenters. The summed E-state index contributed by atoms with van der Waals surface area (Å²) >= 11 is 0. The van der Waals surface area contributed by atoms with Gasteiger partial charge < -0.3 is 24.6 Å². The Hall–Kier alpha value is -3.62. The van der Waals surface area contributed by atoms with Crippen LogP contribution in [-0.2, 0) is 20.9 Å². The number of aromatic nitrogens is 1. The van der Waals surface area contributed by atoms with Gasteiger partial charge in [-0.1, -0.05) is 12.1 Å². The molecule has 3 rings (SSSR count). The van der Waals surface area contributed by atoms with E-state index in [-0.39, 0.29) is 24.2 Å². The lowest BCUT2D eigenvalue weighted by Gasteiger charge is -2.36. The van der Waals surface area contributed by atoms with E-state index in [2.05, 4.69) is 15.0 Å². The highest BCUT2D eigenvalue weighted by atomic mass is 16.5. The minimum atomic E-state index is -0.305. The van der Waals surface area contributed by atoms with E-state index in [9.17, 15) is 14.4 Å². The fourth-order valence-electron chi connectivity index (χ4n) is 3.66. The summed E-state index contributed by atoms with van der Waals surface area (Å²) in [5.74, 6) is 0.899. The van der Waals surface area contributed by atoms with Crippen LogP contribution in [0.25, 0.3) is 0 Å². The normalized spacial score (nSPS) is 13.4. The van der Waals surface area contributed by atoms with E-state index in [1.54, 1.807) is 30.3 Å². The van der Waals surface area contributed by atoms with Crippen molar-refractivity contribution in [2.24, 2.45) is 0 Å². The van der Waals surface area contributed by atoms with Gasteiger partial charge in [0.1, 0.15) is 11.6 Å². The minimum absolute atomic E-state index is 0.0250. The quantitative estimate of drug-likeness (QED) is 0.579. The largest absolute Gasteiger partial charge is 0.497 e. The molecule has 0 atom stereocenters. The van der Waals surface area contributed by atoms with Crippen LogP contribution in [0.5, 0.6) is 5.75 Å². The Morgan fingerprint density at radius 1 is 1.00 bits per heavy atom. The van der Waals surface area contributed by atoms with Crippen molar-refractivity contribution in [2.75, 3.05) is 45.3 Å². The first kappa shape index (κ1) is 24.0. The Balaban J connectivity index is 1.54. The molecule has 1 saturated heterocycles. The van der Waals surface area contributed by atoms with Crippen LogP contribution in [0.4, 0.5) is 5.82 Å². The Kier molecular flexibility index (Phi) is 8.63. The lowest BCUT2D eigenvalue weighted by molar-refractivity contribution is -0.140. The second kappa shape index (κ2) is 11.8. The number of esters is 1. The third kappa shape index (κ3) is 6.68. The van der Waals surface area contributed by atoms with Gasteiger partial charge in [0.15, 0.2) is 0 Å². The number of hydrogen-bond acceptors (Lipinski definition) is 7. The Bertz CT molecular complexity index is 956. The molecular formula is C24H30N4O5. The summed E-state index contributed by atoms with van der Waals surface area (Å²) < 4.78 is 9.77. The van der Waals surface area contributed by atoms with Crippen LogP contribution >= 0.6 is 0 Å². The van der Waals surface area contributed by atoms with E-state index in [0.717, 1.165) is 11.3 Å². The van der Waals surface area contributed by atoms with E-state index < -0.39 is 0 Å². The highest BCUT2D eigenvalue weighted by molar-refractivity contribution is 5.98. The summed E-state index contributed by atoms with van der Waals surface area (Å²) in [5.41, 5.74) is 1.47. The first-order valence-corrected chi connectivity index (χ1v) is 11.0. The summed E-state index contributed by atoms with van der Waals surface area (Å²) in [5, 5.41) is 2.95. The van der Waals surface area contributed by atoms with Crippen LogP contribution in [0, 0.1) is 0 Å². The van der Waals surface area contributed by atoms with E-state index in [4.69, 9.17) is 4.74 Å². The van der Waals surface area contributed by atoms with Crippen molar-refractivity contribution in [1.82, 2.24) is 15.2 Å². The molecule has 176 valence electrons. The second-order valence-corrected chi connectivity index (χ2v) is 7.70. The molecule has 0 spiro atoms. The molecule has 2 aromatic rings. The number of benzene rings is 1. The fraction of sp³-hybridized carbons (Fsp3) is 0.417. The van der Waals surface area contributed by atoms with Crippen molar-refractivity contribution in [2.45, 2.75) is 25.8 Å². The lowest BCUT2D eigenvalue weighted by atomic mass is 10.1. The molecule has 1 aliphatic rings. The van der Waals surface area contributed by atoms with Gasteiger partial charge in [0.05, 0.1) is 19.8 Å². The van der Waals surface area contributed by atoms with Gasteiger partial charge in [-0.2, -0.15) is 0 Å². The number of ether oxygens (including phenoxy) is 2. The molecule has 0 radical (unpaired) electrons. The van der Waals surface area contributed by atoms with Crippen LogP contribution in [0.1, 0.15) is 35.2 Å². The average molecular weight is 455 g/mol. The average Bonchev–Trinajstić information content (AvgIpc) is 2.87. The maximum Gasteiger partial charge on any atom is 0.305 e. The number of anilines is 1. The standard InChI is InChI=1S/C24H30N4O5/c1-32-19-10-8-18(9-11-19)17-26-24(31)20-5-4-12-25-23(20)28-15-13-27(14-16-28)21(29)6-3-7-22(30)33-2/h4-5,8-12H,3,6-7,13-17H2,1-2H3,(H,26,31). The van der Waals surface area contributed by atoms with Gasteiger partial charge in [-0.05, 0) is 36.2 Å². The zero-order valence-electron chi connectivity index (χ0n) is 19.1. The van der Waals surface area contributed by atoms with Gasteiger partial charge in [-0.3, -0.25) is 14.4 Å². The molecule has 1 aromatic heterocycles. The van der Waals surface area contributed by atoms with Crippen molar-refractivity contribution in [3.8, 4) is 5.75 Å². The molecule has 1 aliphatic heterocycles. The Morgan fingerprint density at radius 3 is 2.39 bits per heavy atom. The SMILES string of the molecule is COC(=O)CCCC(=O)N1CCN(c2ncccc2C(=O)NCc2ccc(OC)cc2)CC1. The predicted molar refractivity (Wildman–Crippen MR) is 123 cm³/mol. The van der Waals surface area contributed by atoms with Gasteiger partial charge in [0.2, 0.25) is 5.91 Å². The number of pyridine rings is 1. The van der Waals surface area contributed by atoms with Crippen LogP contribution in [0.2, 0.25) is 0 Å². The van der Waals surface area contributed by atoms with Crippen molar-refractivity contribution in [3.05, 3.63) is 53.7 Å². The van der Waals surface area contributed by atoms with Gasteiger partial charge in [-0.25, -0.2) is 4.98 Å². The number of carbonyl (C=O) groups is 3. The molecule has 9 heteroatoms. The lowest BCUT2D eigenvalue weighted by Crippen LogP contribution is -2.49. The predicted octanol–water partition coefficient (Wildman–Crippen LogP) is 2.01. The Morgan fingerprint density at radius 2 is 1.73 bits per heavy atom. The molecular weight excluding hydrogens is 424 g/mol. The number of nitrogens with one attached hydrogen (secondary N) is 1. The molecule has 9 nitrogen and oxygen atoms in total. The summed E-state index contributed by atoms with van der Waals surface area (Å²) in [4.78, 5) is 44.8. The maximum absolute atomic E-state index is 12.9. The molecule has 0 aliphatic carbocycles. The molecule has 1 fully saturated rings. The van der Waals surface area contributed by atoms with E-state index in [0.29, 0.717) is 56.9 Å². The van der Waals surface area contributed by atoms with Crippen LogP contribution in [-0.4, -0.2) is 68.1 Å². The summed E-state index contributed by atoms with van der Waals surface area (Å²) in [6.07, 6.45) is 2.70. The highest BCUT2D eigenvalue weighted by Gasteiger charge is 2.24. The molecule has 33 heavy (non-hydrogen) atoms. The third-order valence-electron chi connectivity index (χ3n) is 5.57. The first-order valence-electron chi connectivity index (χ1n) is 11.0. The fourth-order valence-corrected chi connectivity index (χ4v) is 3.66. The summed E-state index contributed by atoms with van der Waals surface area (Å²) in [7, 11) is 2.95. The summed E-state index contributed by atoms with van der Waals surface area (Å²) in [6, 6.07) is 11.0.